The predicted octanol–water partition coefficient (Wildman–Crippen LogP) is 1.04. The highest BCUT2D eigenvalue weighted by Crippen LogP contribution is 2.17. The number of hydrogen-bond donors (Lipinski definition) is 1. The van der Waals surface area contributed by atoms with Crippen LogP contribution in [0.3, 0.4) is 0 Å². The highest BCUT2D eigenvalue weighted by atomic mass is 32.2. The van der Waals surface area contributed by atoms with Crippen molar-refractivity contribution < 1.29 is 8.42 Å². The van der Waals surface area contributed by atoms with E-state index in [4.69, 9.17) is 5.73 Å². The minimum Gasteiger partial charge on any atom is -0.384 e. The number of nitrogen functional groups attached to an aromatic ring is 1. The fraction of sp³-hybridized carbons (Fsp3) is 0.500. The van der Waals surface area contributed by atoms with Crippen LogP contribution in [-0.2, 0) is 10.0 Å². The van der Waals surface area contributed by atoms with Gasteiger partial charge in [-0.1, -0.05) is 0 Å². The number of pyridine rings is 1. The standard InChI is InChI=1S/C10H17N3O2S2/c1-8(7-16-3)13(2)17(14,15)9-4-5-10(11)12-6-9/h4-6,8H,7H2,1-3H3,(H2,11,12). The molecule has 17 heavy (non-hydrogen) atoms. The number of anilines is 1. The van der Waals surface area contributed by atoms with E-state index in [2.05, 4.69) is 4.98 Å². The summed E-state index contributed by atoms with van der Waals surface area (Å²) in [6.45, 7) is 1.87. The molecule has 1 atom stereocenters. The van der Waals surface area contributed by atoms with Crippen LogP contribution in [0.2, 0.25) is 0 Å². The van der Waals surface area contributed by atoms with Crippen LogP contribution < -0.4 is 5.73 Å². The molecule has 7 heteroatoms. The molecule has 0 radical (unpaired) electrons. The van der Waals surface area contributed by atoms with Gasteiger partial charge < -0.3 is 5.73 Å². The van der Waals surface area contributed by atoms with Crippen LogP contribution in [0.4, 0.5) is 5.82 Å². The molecule has 2 N–H and O–H groups in total. The van der Waals surface area contributed by atoms with Gasteiger partial charge in [0, 0.05) is 25.0 Å². The molecule has 0 saturated heterocycles. The van der Waals surface area contributed by atoms with Gasteiger partial charge in [-0.15, -0.1) is 0 Å². The molecule has 1 aromatic heterocycles. The summed E-state index contributed by atoms with van der Waals surface area (Å²) in [5, 5.41) is 0. The SMILES string of the molecule is CSCC(C)N(C)S(=O)(=O)c1ccc(N)nc1. The lowest BCUT2D eigenvalue weighted by Crippen LogP contribution is -2.36. The average molecular weight is 275 g/mol. The molecule has 5 nitrogen and oxygen atoms in total. The molecule has 1 aromatic rings. The predicted molar refractivity (Wildman–Crippen MR) is 71.4 cm³/mol. The van der Waals surface area contributed by atoms with E-state index in [9.17, 15) is 8.42 Å². The Hall–Kier alpha value is -0.790. The van der Waals surface area contributed by atoms with E-state index < -0.39 is 10.0 Å². The molecule has 0 aliphatic rings. The maximum atomic E-state index is 12.2. The van der Waals surface area contributed by atoms with Crippen LogP contribution in [0.1, 0.15) is 6.92 Å². The first-order chi connectivity index (χ1) is 7.89. The molecule has 1 heterocycles. The Kier molecular flexibility index (Phi) is 4.79. The van der Waals surface area contributed by atoms with Gasteiger partial charge in [-0.3, -0.25) is 0 Å². The molecule has 0 amide bonds. The molecule has 0 aromatic carbocycles. The lowest BCUT2D eigenvalue weighted by molar-refractivity contribution is 0.415. The molecular weight excluding hydrogens is 258 g/mol. The Morgan fingerprint density at radius 3 is 2.65 bits per heavy atom. The van der Waals surface area contributed by atoms with Gasteiger partial charge in [-0.25, -0.2) is 13.4 Å². The number of rotatable bonds is 5. The Morgan fingerprint density at radius 2 is 2.18 bits per heavy atom. The number of aromatic nitrogens is 1. The zero-order valence-electron chi connectivity index (χ0n) is 10.1. The third kappa shape index (κ3) is 3.34. The quantitative estimate of drug-likeness (QED) is 0.868. The minimum absolute atomic E-state index is 0.0625. The van der Waals surface area contributed by atoms with E-state index in [0.29, 0.717) is 5.82 Å². The topological polar surface area (TPSA) is 76.3 Å². The van der Waals surface area contributed by atoms with Gasteiger partial charge in [0.15, 0.2) is 0 Å². The van der Waals surface area contributed by atoms with Crippen LogP contribution in [0.15, 0.2) is 23.2 Å². The highest BCUT2D eigenvalue weighted by molar-refractivity contribution is 7.98. The Labute approximate surface area is 106 Å². The van der Waals surface area contributed by atoms with Crippen molar-refractivity contribution in [3.8, 4) is 0 Å². The molecule has 0 aliphatic heterocycles. The van der Waals surface area contributed by atoms with Gasteiger partial charge in [0.05, 0.1) is 0 Å². The summed E-state index contributed by atoms with van der Waals surface area (Å²) in [5.41, 5.74) is 5.43. The van der Waals surface area contributed by atoms with E-state index >= 15 is 0 Å². The third-order valence-electron chi connectivity index (χ3n) is 2.46. The number of sulfonamides is 1. The van der Waals surface area contributed by atoms with Crippen molar-refractivity contribution in [2.75, 3.05) is 24.8 Å². The van der Waals surface area contributed by atoms with E-state index in [0.717, 1.165) is 5.75 Å². The summed E-state index contributed by atoms with van der Waals surface area (Å²) in [7, 11) is -1.90. The normalized spacial score (nSPS) is 13.9. The molecule has 0 saturated carbocycles. The first kappa shape index (κ1) is 14.3. The van der Waals surface area contributed by atoms with Crippen LogP contribution >= 0.6 is 11.8 Å². The van der Waals surface area contributed by atoms with Crippen molar-refractivity contribution in [2.45, 2.75) is 17.9 Å². The summed E-state index contributed by atoms with van der Waals surface area (Å²) in [6, 6.07) is 2.90. The fourth-order valence-corrected chi connectivity index (χ4v) is 3.40. The van der Waals surface area contributed by atoms with Crippen molar-refractivity contribution in [1.29, 1.82) is 0 Å². The molecular formula is C10H17N3O2S2. The second-order valence-corrected chi connectivity index (χ2v) is 6.65. The molecule has 96 valence electrons. The van der Waals surface area contributed by atoms with Gasteiger partial charge in [0.1, 0.15) is 10.7 Å². The highest BCUT2D eigenvalue weighted by Gasteiger charge is 2.25. The summed E-state index contributed by atoms with van der Waals surface area (Å²) in [5.74, 6) is 1.06. The van der Waals surface area contributed by atoms with Crippen LogP contribution in [-0.4, -0.2) is 42.8 Å². The largest absolute Gasteiger partial charge is 0.384 e. The maximum Gasteiger partial charge on any atom is 0.244 e. The van der Waals surface area contributed by atoms with Gasteiger partial charge in [-0.05, 0) is 25.3 Å². The first-order valence-electron chi connectivity index (χ1n) is 5.08. The first-order valence-corrected chi connectivity index (χ1v) is 7.91. The molecule has 1 rings (SSSR count). The lowest BCUT2D eigenvalue weighted by atomic mass is 10.4. The summed E-state index contributed by atoms with van der Waals surface area (Å²) in [4.78, 5) is 3.97. The Balaban J connectivity index is 2.98. The third-order valence-corrected chi connectivity index (χ3v) is 5.24. The summed E-state index contributed by atoms with van der Waals surface area (Å²) in [6.07, 6.45) is 3.23. The van der Waals surface area contributed by atoms with Crippen molar-refractivity contribution in [3.05, 3.63) is 18.3 Å². The van der Waals surface area contributed by atoms with Crippen molar-refractivity contribution >= 4 is 27.6 Å². The Morgan fingerprint density at radius 1 is 1.53 bits per heavy atom. The minimum atomic E-state index is -3.48. The van der Waals surface area contributed by atoms with Crippen LogP contribution in [0.5, 0.6) is 0 Å². The zero-order chi connectivity index (χ0) is 13.1. The van der Waals surface area contributed by atoms with E-state index in [1.807, 2.05) is 13.2 Å². The van der Waals surface area contributed by atoms with E-state index in [1.54, 1.807) is 18.8 Å². The monoisotopic (exact) mass is 275 g/mol. The fourth-order valence-electron chi connectivity index (χ4n) is 1.29. The van der Waals surface area contributed by atoms with Gasteiger partial charge in [-0.2, -0.15) is 16.1 Å². The molecule has 1 unspecified atom stereocenters. The van der Waals surface area contributed by atoms with Gasteiger partial charge in [0.25, 0.3) is 0 Å². The van der Waals surface area contributed by atoms with E-state index in [1.165, 1.54) is 22.6 Å². The molecule has 0 spiro atoms. The van der Waals surface area contributed by atoms with Crippen LogP contribution in [0.25, 0.3) is 0 Å². The van der Waals surface area contributed by atoms with Crippen molar-refractivity contribution in [1.82, 2.24) is 9.29 Å². The summed E-state index contributed by atoms with van der Waals surface area (Å²) >= 11 is 1.61. The average Bonchev–Trinajstić information content (AvgIpc) is 2.29. The molecule has 0 bridgehead atoms. The number of hydrogen-bond acceptors (Lipinski definition) is 5. The molecule has 0 aliphatic carbocycles. The zero-order valence-corrected chi connectivity index (χ0v) is 11.8. The van der Waals surface area contributed by atoms with Gasteiger partial charge in [0.2, 0.25) is 10.0 Å². The Bertz CT molecular complexity index is 459. The number of nitrogens with two attached hydrogens (primary N) is 1. The van der Waals surface area contributed by atoms with E-state index in [-0.39, 0.29) is 10.9 Å². The van der Waals surface area contributed by atoms with Gasteiger partial charge >= 0.3 is 0 Å². The second-order valence-electron chi connectivity index (χ2n) is 3.74. The number of nitrogens with zero attached hydrogens (tertiary/aromatic N) is 2. The smallest absolute Gasteiger partial charge is 0.244 e. The van der Waals surface area contributed by atoms with Crippen molar-refractivity contribution in [2.24, 2.45) is 0 Å². The number of thioether (sulfide) groups is 1. The second kappa shape index (κ2) is 5.70. The molecule has 0 fully saturated rings. The van der Waals surface area contributed by atoms with Crippen LogP contribution in [0, 0.1) is 0 Å². The van der Waals surface area contributed by atoms with Crippen molar-refractivity contribution in [3.63, 3.8) is 0 Å². The lowest BCUT2D eigenvalue weighted by Gasteiger charge is -2.23. The summed E-state index contributed by atoms with van der Waals surface area (Å²) < 4.78 is 25.7. The maximum absolute atomic E-state index is 12.2.